The van der Waals surface area contributed by atoms with Crippen molar-refractivity contribution in [2.24, 2.45) is 5.73 Å². The van der Waals surface area contributed by atoms with Gasteiger partial charge in [-0.05, 0) is 55.8 Å². The third-order valence-corrected chi connectivity index (χ3v) is 6.18. The van der Waals surface area contributed by atoms with E-state index in [4.69, 9.17) is 10.5 Å². The number of hydrogen-bond acceptors (Lipinski definition) is 6. The smallest absolute Gasteiger partial charge is 0.255 e. The molecular weight excluding hydrogens is 410 g/mol. The van der Waals surface area contributed by atoms with Crippen LogP contribution >= 0.6 is 11.8 Å². The van der Waals surface area contributed by atoms with Crippen molar-refractivity contribution in [1.82, 2.24) is 19.7 Å². The van der Waals surface area contributed by atoms with Crippen molar-refractivity contribution in [3.63, 3.8) is 0 Å². The van der Waals surface area contributed by atoms with Crippen molar-refractivity contribution in [2.75, 3.05) is 19.7 Å². The zero-order valence-electron chi connectivity index (χ0n) is 17.4. The number of primary amides is 1. The molecule has 4 rings (SSSR count). The van der Waals surface area contributed by atoms with E-state index in [0.717, 1.165) is 41.9 Å². The highest BCUT2D eigenvalue weighted by Gasteiger charge is 2.18. The number of nitrogens with zero attached hydrogens (tertiary/aromatic N) is 4. The van der Waals surface area contributed by atoms with Crippen LogP contribution in [0.4, 0.5) is 0 Å². The topological polar surface area (TPSA) is 86.3 Å². The lowest BCUT2D eigenvalue weighted by Gasteiger charge is -2.26. The average Bonchev–Trinajstić information content (AvgIpc) is 3.20. The first-order valence-electron chi connectivity index (χ1n) is 10.5. The second-order valence-electron chi connectivity index (χ2n) is 7.60. The zero-order valence-corrected chi connectivity index (χ0v) is 18.3. The van der Waals surface area contributed by atoms with Gasteiger partial charge in [-0.3, -0.25) is 14.3 Å². The third-order valence-electron chi connectivity index (χ3n) is 5.18. The maximum Gasteiger partial charge on any atom is 0.255 e. The lowest BCUT2D eigenvalue weighted by Crippen LogP contribution is -2.30. The molecule has 2 N–H and O–H groups in total. The number of carbonyl (C=O) groups is 1. The Balaban J connectivity index is 1.51. The molecule has 7 nitrogen and oxygen atoms in total. The number of amides is 1. The number of hydrogen-bond donors (Lipinski definition) is 1. The summed E-state index contributed by atoms with van der Waals surface area (Å²) < 4.78 is 7.58. The van der Waals surface area contributed by atoms with E-state index in [2.05, 4.69) is 31.8 Å². The van der Waals surface area contributed by atoms with Crippen LogP contribution in [-0.2, 0) is 17.1 Å². The summed E-state index contributed by atoms with van der Waals surface area (Å²) in [4.78, 5) is 13.4. The fraction of sp³-hybridized carbons (Fsp3) is 0.348. The standard InChI is InChI=1S/C23H27N5O2S/c24-21(29)16-30-20-11-7-8-18(14-20)17-31-23-26-25-22(15-27-12-5-2-6-13-27)28(23)19-9-3-1-4-10-19/h1,3-4,7-11,14H,2,5-6,12-13,15-17H2,(H2,24,29). The zero-order chi connectivity index (χ0) is 21.5. The molecule has 3 aromatic rings. The minimum atomic E-state index is -0.489. The summed E-state index contributed by atoms with van der Waals surface area (Å²) in [6.07, 6.45) is 3.80. The first kappa shape index (κ1) is 21.4. The van der Waals surface area contributed by atoms with Crippen LogP contribution in [0, 0.1) is 0 Å². The van der Waals surface area contributed by atoms with E-state index in [0.29, 0.717) is 11.5 Å². The summed E-state index contributed by atoms with van der Waals surface area (Å²) in [5.41, 5.74) is 7.31. The highest BCUT2D eigenvalue weighted by atomic mass is 32.2. The maximum atomic E-state index is 11.0. The average molecular weight is 438 g/mol. The third kappa shape index (κ3) is 5.86. The van der Waals surface area contributed by atoms with Gasteiger partial charge in [-0.1, -0.05) is 48.5 Å². The second kappa shape index (κ2) is 10.5. The number of carbonyl (C=O) groups excluding carboxylic acids is 1. The summed E-state index contributed by atoms with van der Waals surface area (Å²) in [7, 11) is 0. The normalized spacial score (nSPS) is 14.5. The van der Waals surface area contributed by atoms with Gasteiger partial charge in [0, 0.05) is 11.4 Å². The van der Waals surface area contributed by atoms with Gasteiger partial charge in [0.1, 0.15) is 5.75 Å². The number of para-hydroxylation sites is 1. The number of likely N-dealkylation sites (tertiary alicyclic amines) is 1. The molecule has 1 saturated heterocycles. The minimum absolute atomic E-state index is 0.126. The van der Waals surface area contributed by atoms with Gasteiger partial charge in [-0.2, -0.15) is 0 Å². The largest absolute Gasteiger partial charge is 0.484 e. The molecule has 31 heavy (non-hydrogen) atoms. The van der Waals surface area contributed by atoms with Gasteiger partial charge >= 0.3 is 0 Å². The number of benzene rings is 2. The van der Waals surface area contributed by atoms with E-state index in [-0.39, 0.29) is 6.61 Å². The molecule has 1 amide bonds. The molecular formula is C23H27N5O2S. The predicted octanol–water partition coefficient (Wildman–Crippen LogP) is 3.41. The van der Waals surface area contributed by atoms with Gasteiger partial charge in [-0.15, -0.1) is 10.2 Å². The Labute approximate surface area is 186 Å². The quantitative estimate of drug-likeness (QED) is 0.516. The molecule has 1 aliphatic rings. The molecule has 0 aliphatic carbocycles. The summed E-state index contributed by atoms with van der Waals surface area (Å²) in [6.45, 7) is 2.90. The van der Waals surface area contributed by atoms with Crippen molar-refractivity contribution >= 4 is 17.7 Å². The maximum absolute atomic E-state index is 11.0. The van der Waals surface area contributed by atoms with Crippen LogP contribution in [-0.4, -0.2) is 45.3 Å². The highest BCUT2D eigenvalue weighted by molar-refractivity contribution is 7.98. The summed E-state index contributed by atoms with van der Waals surface area (Å²) in [5.74, 6) is 1.82. The molecule has 8 heteroatoms. The summed E-state index contributed by atoms with van der Waals surface area (Å²) in [5, 5.41) is 9.91. The molecule has 1 fully saturated rings. The molecule has 2 heterocycles. The second-order valence-corrected chi connectivity index (χ2v) is 8.54. The van der Waals surface area contributed by atoms with Crippen molar-refractivity contribution in [2.45, 2.75) is 36.7 Å². The van der Waals surface area contributed by atoms with Gasteiger partial charge in [0.15, 0.2) is 17.6 Å². The van der Waals surface area contributed by atoms with Gasteiger partial charge in [0.2, 0.25) is 0 Å². The number of ether oxygens (including phenoxy) is 1. The van der Waals surface area contributed by atoms with Crippen molar-refractivity contribution < 1.29 is 9.53 Å². The van der Waals surface area contributed by atoms with Crippen LogP contribution in [0.25, 0.3) is 5.69 Å². The molecule has 0 unspecified atom stereocenters. The Morgan fingerprint density at radius 1 is 1.03 bits per heavy atom. The SMILES string of the molecule is NC(=O)COc1cccc(CSc2nnc(CN3CCCCC3)n2-c2ccccc2)c1. The minimum Gasteiger partial charge on any atom is -0.484 e. The Hall–Kier alpha value is -2.84. The van der Waals surface area contributed by atoms with Crippen LogP contribution in [0.3, 0.4) is 0 Å². The fourth-order valence-corrected chi connectivity index (χ4v) is 4.59. The van der Waals surface area contributed by atoms with Crippen molar-refractivity contribution in [3.05, 3.63) is 66.0 Å². The Bertz CT molecular complexity index is 1000. The van der Waals surface area contributed by atoms with Crippen LogP contribution < -0.4 is 10.5 Å². The van der Waals surface area contributed by atoms with E-state index < -0.39 is 5.91 Å². The van der Waals surface area contributed by atoms with Crippen LogP contribution in [0.15, 0.2) is 59.8 Å². The summed E-state index contributed by atoms with van der Waals surface area (Å²) >= 11 is 1.63. The molecule has 0 atom stereocenters. The van der Waals surface area contributed by atoms with Crippen LogP contribution in [0.2, 0.25) is 0 Å². The number of rotatable bonds is 9. The lowest BCUT2D eigenvalue weighted by molar-refractivity contribution is -0.119. The highest BCUT2D eigenvalue weighted by Crippen LogP contribution is 2.27. The molecule has 162 valence electrons. The molecule has 1 aromatic heterocycles. The molecule has 1 aliphatic heterocycles. The van der Waals surface area contributed by atoms with Gasteiger partial charge in [0.05, 0.1) is 6.54 Å². The van der Waals surface area contributed by atoms with E-state index >= 15 is 0 Å². The van der Waals surface area contributed by atoms with Crippen LogP contribution in [0.1, 0.15) is 30.7 Å². The Morgan fingerprint density at radius 3 is 2.61 bits per heavy atom. The van der Waals surface area contributed by atoms with E-state index in [9.17, 15) is 4.79 Å². The summed E-state index contributed by atoms with van der Waals surface area (Å²) in [6, 6.07) is 18.0. The lowest BCUT2D eigenvalue weighted by atomic mass is 10.1. The Morgan fingerprint density at radius 2 is 1.84 bits per heavy atom. The first-order valence-corrected chi connectivity index (χ1v) is 11.5. The Kier molecular flexibility index (Phi) is 7.22. The monoisotopic (exact) mass is 437 g/mol. The number of aromatic nitrogens is 3. The van der Waals surface area contributed by atoms with Gasteiger partial charge < -0.3 is 10.5 Å². The van der Waals surface area contributed by atoms with E-state index in [1.165, 1.54) is 19.3 Å². The van der Waals surface area contributed by atoms with Gasteiger partial charge in [0.25, 0.3) is 5.91 Å². The predicted molar refractivity (Wildman–Crippen MR) is 121 cm³/mol. The van der Waals surface area contributed by atoms with Crippen LogP contribution in [0.5, 0.6) is 5.75 Å². The number of nitrogens with two attached hydrogens (primary N) is 1. The molecule has 0 bridgehead atoms. The fourth-order valence-electron chi connectivity index (χ4n) is 3.68. The number of thioether (sulfide) groups is 1. The molecule has 2 aromatic carbocycles. The number of piperidine rings is 1. The molecule has 0 spiro atoms. The van der Waals surface area contributed by atoms with E-state index in [1.54, 1.807) is 11.8 Å². The molecule has 0 saturated carbocycles. The van der Waals surface area contributed by atoms with E-state index in [1.807, 2.05) is 42.5 Å². The van der Waals surface area contributed by atoms with Crippen molar-refractivity contribution in [3.8, 4) is 11.4 Å². The van der Waals surface area contributed by atoms with Gasteiger partial charge in [-0.25, -0.2) is 0 Å². The van der Waals surface area contributed by atoms with Crippen molar-refractivity contribution in [1.29, 1.82) is 0 Å². The first-order chi connectivity index (χ1) is 15.2. The molecule has 0 radical (unpaired) electrons.